The zero-order valence-electron chi connectivity index (χ0n) is 14.5. The Balaban J connectivity index is 1.50. The molecule has 0 spiro atoms. The van der Waals surface area contributed by atoms with Gasteiger partial charge < -0.3 is 4.74 Å². The van der Waals surface area contributed by atoms with E-state index in [9.17, 15) is 9.59 Å². The summed E-state index contributed by atoms with van der Waals surface area (Å²) in [6.45, 7) is 4.26. The average molecular weight is 316 g/mol. The number of carbonyl (C=O) groups is 2. The number of hydrogen-bond donors (Lipinski definition) is 0. The number of ether oxygens (including phenoxy) is 1. The van der Waals surface area contributed by atoms with Crippen LogP contribution in [0.25, 0.3) is 0 Å². The lowest BCUT2D eigenvalue weighted by Crippen LogP contribution is -2.35. The molecule has 2 fully saturated rings. The highest BCUT2D eigenvalue weighted by Gasteiger charge is 2.59. The summed E-state index contributed by atoms with van der Waals surface area (Å²) in [4.78, 5) is 25.6. The zero-order valence-corrected chi connectivity index (χ0v) is 14.5. The van der Waals surface area contributed by atoms with Gasteiger partial charge >= 0.3 is 5.97 Å². The van der Waals surface area contributed by atoms with E-state index in [1.54, 1.807) is 0 Å². The van der Waals surface area contributed by atoms with Crippen molar-refractivity contribution in [2.24, 2.45) is 16.7 Å². The molecule has 0 aromatic heterocycles. The predicted molar refractivity (Wildman–Crippen MR) is 87.8 cm³/mol. The first kappa shape index (κ1) is 15.4. The Morgan fingerprint density at radius 2 is 1.78 bits per heavy atom. The number of hydrogen-bond acceptors (Lipinski definition) is 3. The van der Waals surface area contributed by atoms with Crippen LogP contribution in [0.15, 0.2) is 11.1 Å². The summed E-state index contributed by atoms with van der Waals surface area (Å²) in [5.41, 5.74) is 1.82. The van der Waals surface area contributed by atoms with Gasteiger partial charge in [0.2, 0.25) is 0 Å². The van der Waals surface area contributed by atoms with Crippen molar-refractivity contribution in [3.05, 3.63) is 11.1 Å². The van der Waals surface area contributed by atoms with Gasteiger partial charge in [0.25, 0.3) is 0 Å². The molecule has 0 aromatic rings. The van der Waals surface area contributed by atoms with Crippen molar-refractivity contribution in [2.75, 3.05) is 0 Å². The SMILES string of the molecule is CC12CCCC1C(=O)C1=C2C[C@@](C)(C(=O)OC2CCCCC2)C1. The van der Waals surface area contributed by atoms with Gasteiger partial charge in [-0.1, -0.05) is 25.3 Å². The number of carbonyl (C=O) groups excluding carboxylic acids is 2. The smallest absolute Gasteiger partial charge is 0.312 e. The van der Waals surface area contributed by atoms with E-state index < -0.39 is 5.41 Å². The van der Waals surface area contributed by atoms with E-state index in [1.165, 1.54) is 24.8 Å². The molecule has 23 heavy (non-hydrogen) atoms. The van der Waals surface area contributed by atoms with E-state index in [0.29, 0.717) is 12.2 Å². The highest BCUT2D eigenvalue weighted by Crippen LogP contribution is 2.62. The zero-order chi connectivity index (χ0) is 16.2. The third-order valence-electron chi connectivity index (χ3n) is 7.08. The molecular weight excluding hydrogens is 288 g/mol. The summed E-state index contributed by atoms with van der Waals surface area (Å²) in [7, 11) is 0. The van der Waals surface area contributed by atoms with Gasteiger partial charge in [0.1, 0.15) is 6.10 Å². The lowest BCUT2D eigenvalue weighted by atomic mass is 9.72. The molecule has 0 heterocycles. The van der Waals surface area contributed by atoms with Crippen LogP contribution >= 0.6 is 0 Å². The first-order valence-electron chi connectivity index (χ1n) is 9.42. The van der Waals surface area contributed by atoms with E-state index in [1.807, 2.05) is 6.92 Å². The van der Waals surface area contributed by atoms with E-state index in [4.69, 9.17) is 4.74 Å². The van der Waals surface area contributed by atoms with Crippen LogP contribution < -0.4 is 0 Å². The van der Waals surface area contributed by atoms with Crippen molar-refractivity contribution in [3.8, 4) is 0 Å². The molecule has 0 amide bonds. The highest BCUT2D eigenvalue weighted by molar-refractivity contribution is 6.04. The molecule has 2 unspecified atom stereocenters. The highest BCUT2D eigenvalue weighted by atomic mass is 16.5. The first-order valence-corrected chi connectivity index (χ1v) is 9.42. The van der Waals surface area contributed by atoms with Gasteiger partial charge in [0.05, 0.1) is 5.41 Å². The standard InChI is InChI=1S/C20H28O3/c1-19(18(22)23-13-7-4-3-5-8-13)11-14-16(12-19)20(2)10-6-9-15(20)17(14)21/h13,15H,3-12H2,1-2H3/t15?,19-,20?/m0/s1. The Morgan fingerprint density at radius 3 is 2.52 bits per heavy atom. The van der Waals surface area contributed by atoms with Crippen LogP contribution in [0.4, 0.5) is 0 Å². The number of allylic oxidation sites excluding steroid dienone is 2. The normalized spacial score (nSPS) is 40.4. The monoisotopic (exact) mass is 316 g/mol. The van der Waals surface area contributed by atoms with Crippen LogP contribution in [0.2, 0.25) is 0 Å². The topological polar surface area (TPSA) is 43.4 Å². The van der Waals surface area contributed by atoms with Crippen LogP contribution in [-0.2, 0) is 14.3 Å². The second-order valence-corrected chi connectivity index (χ2v) is 8.76. The van der Waals surface area contributed by atoms with Crippen LogP contribution in [0, 0.1) is 16.7 Å². The maximum absolute atomic E-state index is 12.8. The van der Waals surface area contributed by atoms with Crippen molar-refractivity contribution in [3.63, 3.8) is 0 Å². The van der Waals surface area contributed by atoms with Gasteiger partial charge in [0, 0.05) is 5.92 Å². The fourth-order valence-corrected chi connectivity index (χ4v) is 5.62. The number of rotatable bonds is 2. The van der Waals surface area contributed by atoms with Crippen molar-refractivity contribution >= 4 is 11.8 Å². The largest absolute Gasteiger partial charge is 0.462 e. The first-order chi connectivity index (χ1) is 10.9. The van der Waals surface area contributed by atoms with E-state index in [-0.39, 0.29) is 23.4 Å². The fourth-order valence-electron chi connectivity index (χ4n) is 5.62. The molecule has 3 heteroatoms. The lowest BCUT2D eigenvalue weighted by Gasteiger charge is -2.33. The number of ketones is 1. The third-order valence-corrected chi connectivity index (χ3v) is 7.08. The van der Waals surface area contributed by atoms with E-state index >= 15 is 0 Å². The third kappa shape index (κ3) is 2.22. The molecule has 0 aromatic carbocycles. The Morgan fingerprint density at radius 1 is 1.04 bits per heavy atom. The Hall–Kier alpha value is -1.12. The van der Waals surface area contributed by atoms with E-state index in [0.717, 1.165) is 44.1 Å². The van der Waals surface area contributed by atoms with Gasteiger partial charge in [-0.15, -0.1) is 0 Å². The summed E-state index contributed by atoms with van der Waals surface area (Å²) < 4.78 is 5.85. The molecule has 3 atom stereocenters. The van der Waals surface area contributed by atoms with Crippen LogP contribution in [0.5, 0.6) is 0 Å². The molecule has 4 aliphatic carbocycles. The minimum Gasteiger partial charge on any atom is -0.462 e. The maximum Gasteiger partial charge on any atom is 0.312 e. The number of Topliss-reactive ketones (excluding diaryl/α,β-unsaturated/α-hetero) is 1. The predicted octanol–water partition coefficient (Wildman–Crippen LogP) is 4.35. The molecule has 0 saturated heterocycles. The average Bonchev–Trinajstić information content (AvgIpc) is 3.14. The van der Waals surface area contributed by atoms with Gasteiger partial charge in [0.15, 0.2) is 5.78 Å². The Labute approximate surface area is 138 Å². The van der Waals surface area contributed by atoms with Crippen molar-refractivity contribution in [2.45, 2.75) is 84.2 Å². The van der Waals surface area contributed by atoms with Crippen molar-refractivity contribution in [1.82, 2.24) is 0 Å². The fraction of sp³-hybridized carbons (Fsp3) is 0.800. The molecule has 2 saturated carbocycles. The van der Waals surface area contributed by atoms with Gasteiger partial charge in [-0.3, -0.25) is 9.59 Å². The molecule has 0 aliphatic heterocycles. The van der Waals surface area contributed by atoms with Gasteiger partial charge in [-0.25, -0.2) is 0 Å². The summed E-state index contributed by atoms with van der Waals surface area (Å²) >= 11 is 0. The molecule has 3 nitrogen and oxygen atoms in total. The van der Waals surface area contributed by atoms with Crippen LogP contribution in [0.1, 0.15) is 78.1 Å². The molecule has 0 bridgehead atoms. The minimum absolute atomic E-state index is 0.0370. The summed E-state index contributed by atoms with van der Waals surface area (Å²) in [5.74, 6) is 0.477. The van der Waals surface area contributed by atoms with Crippen molar-refractivity contribution < 1.29 is 14.3 Å². The lowest BCUT2D eigenvalue weighted by molar-refractivity contribution is -0.161. The second kappa shape index (κ2) is 5.19. The summed E-state index contributed by atoms with van der Waals surface area (Å²) in [6.07, 6.45) is 10.4. The summed E-state index contributed by atoms with van der Waals surface area (Å²) in [5, 5.41) is 0. The number of fused-ring (bicyclic) bond motifs is 2. The molecule has 126 valence electrons. The molecule has 4 aliphatic rings. The molecule has 0 radical (unpaired) electrons. The quantitative estimate of drug-likeness (QED) is 0.711. The Bertz CT molecular complexity index is 584. The van der Waals surface area contributed by atoms with Crippen LogP contribution in [-0.4, -0.2) is 17.9 Å². The maximum atomic E-state index is 12.8. The molecule has 4 rings (SSSR count). The van der Waals surface area contributed by atoms with Crippen molar-refractivity contribution in [1.29, 1.82) is 0 Å². The van der Waals surface area contributed by atoms with Gasteiger partial charge in [-0.05, 0) is 69.3 Å². The molecule has 0 N–H and O–H groups in total. The summed E-state index contributed by atoms with van der Waals surface area (Å²) in [6, 6.07) is 0. The number of esters is 1. The van der Waals surface area contributed by atoms with Crippen LogP contribution in [0.3, 0.4) is 0 Å². The van der Waals surface area contributed by atoms with Gasteiger partial charge in [-0.2, -0.15) is 0 Å². The molecular formula is C20H28O3. The second-order valence-electron chi connectivity index (χ2n) is 8.76. The van der Waals surface area contributed by atoms with E-state index in [2.05, 4.69) is 6.92 Å². The Kier molecular flexibility index (Phi) is 3.48. The minimum atomic E-state index is -0.506.